The quantitative estimate of drug-likeness (QED) is 0.564. The molecular formula is C24H27N5O4. The second kappa shape index (κ2) is 8.70. The molecule has 9 nitrogen and oxygen atoms in total. The van der Waals surface area contributed by atoms with Crippen LogP contribution in [0.2, 0.25) is 0 Å². The van der Waals surface area contributed by atoms with Crippen LogP contribution >= 0.6 is 0 Å². The summed E-state index contributed by atoms with van der Waals surface area (Å²) in [4.78, 5) is 30.2. The minimum absolute atomic E-state index is 0.0284. The van der Waals surface area contributed by atoms with E-state index in [1.54, 1.807) is 16.9 Å². The van der Waals surface area contributed by atoms with Gasteiger partial charge in [0.25, 0.3) is 5.91 Å². The number of hydrogen-bond acceptors (Lipinski definition) is 7. The average Bonchev–Trinajstić information content (AvgIpc) is 3.49. The van der Waals surface area contributed by atoms with E-state index in [2.05, 4.69) is 16.5 Å². The number of amides is 1. The number of aromatic nitrogens is 3. The lowest BCUT2D eigenvalue weighted by Crippen LogP contribution is -2.46. The van der Waals surface area contributed by atoms with Crippen molar-refractivity contribution in [2.75, 3.05) is 6.61 Å². The number of hydrogen-bond donors (Lipinski definition) is 1. The summed E-state index contributed by atoms with van der Waals surface area (Å²) in [6, 6.07) is 5.73. The molecule has 0 saturated heterocycles. The molecular weight excluding hydrogens is 422 g/mol. The summed E-state index contributed by atoms with van der Waals surface area (Å²) in [5.41, 5.74) is 1.28. The summed E-state index contributed by atoms with van der Waals surface area (Å²) in [5.74, 6) is 0.279. The molecule has 3 heterocycles. The molecule has 0 spiro atoms. The van der Waals surface area contributed by atoms with Crippen LogP contribution in [0.5, 0.6) is 0 Å². The van der Waals surface area contributed by atoms with Gasteiger partial charge in [-0.2, -0.15) is 10.4 Å². The summed E-state index contributed by atoms with van der Waals surface area (Å²) < 4.78 is 12.7. The molecule has 1 fully saturated rings. The van der Waals surface area contributed by atoms with Gasteiger partial charge in [0.05, 0.1) is 28.9 Å². The van der Waals surface area contributed by atoms with Gasteiger partial charge in [-0.05, 0) is 65.5 Å². The smallest absolute Gasteiger partial charge is 0.339 e. The number of ether oxygens (including phenoxy) is 1. The van der Waals surface area contributed by atoms with Crippen molar-refractivity contribution >= 4 is 22.9 Å². The molecule has 0 unspecified atom stereocenters. The third-order valence-corrected chi connectivity index (χ3v) is 5.98. The second-order valence-corrected chi connectivity index (χ2v) is 8.83. The number of pyridine rings is 1. The van der Waals surface area contributed by atoms with Gasteiger partial charge in [-0.25, -0.2) is 14.5 Å². The third-order valence-electron chi connectivity index (χ3n) is 5.98. The first-order valence-corrected chi connectivity index (χ1v) is 11.1. The van der Waals surface area contributed by atoms with E-state index >= 15 is 0 Å². The molecule has 0 aliphatic heterocycles. The fraction of sp³-hybridized carbons (Fsp3) is 0.458. The van der Waals surface area contributed by atoms with Gasteiger partial charge in [0.1, 0.15) is 17.1 Å². The van der Waals surface area contributed by atoms with Gasteiger partial charge < -0.3 is 14.5 Å². The Kier molecular flexibility index (Phi) is 5.93. The highest BCUT2D eigenvalue weighted by atomic mass is 16.5. The van der Waals surface area contributed by atoms with Gasteiger partial charge in [-0.1, -0.05) is 0 Å². The third kappa shape index (κ3) is 4.33. The Bertz CT molecular complexity index is 1260. The van der Waals surface area contributed by atoms with Crippen molar-refractivity contribution in [1.82, 2.24) is 20.1 Å². The zero-order chi connectivity index (χ0) is 23.8. The fourth-order valence-electron chi connectivity index (χ4n) is 4.34. The number of carbonyl (C=O) groups excluding carboxylic acids is 2. The fourth-order valence-corrected chi connectivity index (χ4v) is 4.34. The van der Waals surface area contributed by atoms with Gasteiger partial charge in [0.2, 0.25) is 0 Å². The summed E-state index contributed by atoms with van der Waals surface area (Å²) in [6.45, 7) is 7.17. The van der Waals surface area contributed by atoms with Crippen molar-refractivity contribution in [2.24, 2.45) is 0 Å². The first-order valence-electron chi connectivity index (χ1n) is 11.1. The number of fused-ring (bicyclic) bond motifs is 1. The van der Waals surface area contributed by atoms with Gasteiger partial charge in [-0.3, -0.25) is 4.79 Å². The standard InChI is InChI=1S/C24H27N5O4/c1-14(2)29-22-19(11-26-29)18(10-20(27-22)17-9-15(3)33-16(17)4)23(31)32-12-21(30)28-24(13-25)7-5-6-8-24/h9-11,14H,5-8,12H2,1-4H3,(H,28,30). The number of nitrogens with zero attached hydrogens (tertiary/aromatic N) is 4. The number of furan rings is 1. The molecule has 1 aliphatic rings. The van der Waals surface area contributed by atoms with Crippen LogP contribution in [-0.4, -0.2) is 38.8 Å². The lowest BCUT2D eigenvalue weighted by atomic mass is 10.00. The maximum Gasteiger partial charge on any atom is 0.339 e. The van der Waals surface area contributed by atoms with Crippen LogP contribution in [-0.2, 0) is 9.53 Å². The Morgan fingerprint density at radius 3 is 2.64 bits per heavy atom. The molecule has 0 bridgehead atoms. The van der Waals surface area contributed by atoms with E-state index in [4.69, 9.17) is 14.1 Å². The number of rotatable bonds is 6. The summed E-state index contributed by atoms with van der Waals surface area (Å²) in [5, 5.41) is 17.1. The largest absolute Gasteiger partial charge is 0.466 e. The molecule has 0 aromatic carbocycles. The van der Waals surface area contributed by atoms with E-state index in [-0.39, 0.29) is 11.6 Å². The SMILES string of the molecule is Cc1cc(-c2cc(C(=O)OCC(=O)NC3(C#N)CCCC3)c3cnn(C(C)C)c3n2)c(C)o1. The number of nitriles is 1. The summed E-state index contributed by atoms with van der Waals surface area (Å²) in [7, 11) is 0. The van der Waals surface area contributed by atoms with E-state index in [9.17, 15) is 14.9 Å². The molecule has 1 amide bonds. The number of aryl methyl sites for hydroxylation is 2. The first-order chi connectivity index (χ1) is 15.7. The van der Waals surface area contributed by atoms with Crippen molar-refractivity contribution in [2.45, 2.75) is 65.0 Å². The zero-order valence-corrected chi connectivity index (χ0v) is 19.3. The van der Waals surface area contributed by atoms with Crippen molar-refractivity contribution in [3.05, 3.63) is 35.4 Å². The molecule has 1 saturated carbocycles. The second-order valence-electron chi connectivity index (χ2n) is 8.83. The monoisotopic (exact) mass is 449 g/mol. The van der Waals surface area contributed by atoms with Crippen molar-refractivity contribution < 1.29 is 18.7 Å². The molecule has 0 radical (unpaired) electrons. The topological polar surface area (TPSA) is 123 Å². The Hall–Kier alpha value is -3.67. The summed E-state index contributed by atoms with van der Waals surface area (Å²) >= 11 is 0. The normalized spacial score (nSPS) is 15.0. The van der Waals surface area contributed by atoms with Crippen LogP contribution in [0.3, 0.4) is 0 Å². The predicted octanol–water partition coefficient (Wildman–Crippen LogP) is 4.00. The van der Waals surface area contributed by atoms with E-state index in [0.29, 0.717) is 35.3 Å². The van der Waals surface area contributed by atoms with E-state index < -0.39 is 24.0 Å². The molecule has 1 aliphatic carbocycles. The van der Waals surface area contributed by atoms with Crippen LogP contribution in [0.4, 0.5) is 0 Å². The van der Waals surface area contributed by atoms with Crippen molar-refractivity contribution in [1.29, 1.82) is 5.26 Å². The maximum absolute atomic E-state index is 13.0. The minimum Gasteiger partial charge on any atom is -0.466 e. The van der Waals surface area contributed by atoms with E-state index in [0.717, 1.165) is 24.2 Å². The highest BCUT2D eigenvalue weighted by molar-refractivity contribution is 6.04. The molecule has 1 N–H and O–H groups in total. The Balaban J connectivity index is 1.63. The van der Waals surface area contributed by atoms with Crippen molar-refractivity contribution in [3.8, 4) is 17.3 Å². The highest BCUT2D eigenvalue weighted by Crippen LogP contribution is 2.31. The number of esters is 1. The number of nitrogens with one attached hydrogen (secondary N) is 1. The molecule has 3 aromatic heterocycles. The Morgan fingerprint density at radius 2 is 2.03 bits per heavy atom. The van der Waals surface area contributed by atoms with Gasteiger partial charge in [-0.15, -0.1) is 0 Å². The van der Waals surface area contributed by atoms with Crippen LogP contribution in [0.1, 0.15) is 67.5 Å². The average molecular weight is 450 g/mol. The lowest BCUT2D eigenvalue weighted by molar-refractivity contribution is -0.125. The molecule has 33 heavy (non-hydrogen) atoms. The minimum atomic E-state index is -0.865. The van der Waals surface area contributed by atoms with Crippen LogP contribution < -0.4 is 5.32 Å². The molecule has 172 valence electrons. The van der Waals surface area contributed by atoms with Crippen LogP contribution in [0, 0.1) is 25.2 Å². The van der Waals surface area contributed by atoms with Gasteiger partial charge in [0, 0.05) is 11.6 Å². The van der Waals surface area contributed by atoms with E-state index in [1.165, 1.54) is 0 Å². The summed E-state index contributed by atoms with van der Waals surface area (Å²) in [6.07, 6.45) is 4.57. The number of carbonyl (C=O) groups is 2. The molecule has 9 heteroatoms. The molecule has 4 rings (SSSR count). The van der Waals surface area contributed by atoms with Gasteiger partial charge >= 0.3 is 5.97 Å². The van der Waals surface area contributed by atoms with Crippen molar-refractivity contribution in [3.63, 3.8) is 0 Å². The van der Waals surface area contributed by atoms with Crippen LogP contribution in [0.25, 0.3) is 22.3 Å². The Labute approximate surface area is 191 Å². The first kappa shape index (κ1) is 22.5. The maximum atomic E-state index is 13.0. The Morgan fingerprint density at radius 1 is 1.30 bits per heavy atom. The molecule has 3 aromatic rings. The van der Waals surface area contributed by atoms with Crippen LogP contribution in [0.15, 0.2) is 22.7 Å². The van der Waals surface area contributed by atoms with E-state index in [1.807, 2.05) is 33.8 Å². The lowest BCUT2D eigenvalue weighted by Gasteiger charge is -2.21. The molecule has 0 atom stereocenters. The highest BCUT2D eigenvalue weighted by Gasteiger charge is 2.35. The van der Waals surface area contributed by atoms with Gasteiger partial charge in [0.15, 0.2) is 12.3 Å². The zero-order valence-electron chi connectivity index (χ0n) is 19.3. The predicted molar refractivity (Wildman–Crippen MR) is 120 cm³/mol.